The molecule has 19 heavy (non-hydrogen) atoms. The summed E-state index contributed by atoms with van der Waals surface area (Å²) >= 11 is 0. The highest BCUT2D eigenvalue weighted by Crippen LogP contribution is 2.19. The first-order valence-electron chi connectivity index (χ1n) is 6.17. The van der Waals surface area contributed by atoms with Crippen molar-refractivity contribution in [2.75, 3.05) is 13.6 Å². The van der Waals surface area contributed by atoms with Crippen LogP contribution in [0.1, 0.15) is 25.3 Å². The third-order valence-corrected chi connectivity index (χ3v) is 3.05. The van der Waals surface area contributed by atoms with Crippen molar-refractivity contribution < 1.29 is 14.7 Å². The molecule has 1 rings (SSSR count). The summed E-state index contributed by atoms with van der Waals surface area (Å²) in [5.74, 6) is -1.08. The van der Waals surface area contributed by atoms with Gasteiger partial charge in [0.15, 0.2) is 0 Å². The number of nitrogens with zero attached hydrogens (tertiary/aromatic N) is 1. The lowest BCUT2D eigenvalue weighted by atomic mass is 9.91. The van der Waals surface area contributed by atoms with Gasteiger partial charge in [0, 0.05) is 20.0 Å². The van der Waals surface area contributed by atoms with E-state index in [1.807, 2.05) is 30.3 Å². The van der Waals surface area contributed by atoms with Crippen LogP contribution < -0.4 is 5.73 Å². The molecular weight excluding hydrogens is 244 g/mol. The highest BCUT2D eigenvalue weighted by atomic mass is 16.4. The van der Waals surface area contributed by atoms with Crippen LogP contribution in [0.15, 0.2) is 30.3 Å². The minimum Gasteiger partial charge on any atom is -0.481 e. The van der Waals surface area contributed by atoms with Gasteiger partial charge in [0.05, 0.1) is 0 Å². The lowest BCUT2D eigenvalue weighted by molar-refractivity contribution is -0.139. The number of likely N-dealkylation sites (N-methyl/N-ethyl adjacent to an activating group) is 1. The summed E-state index contributed by atoms with van der Waals surface area (Å²) < 4.78 is 0. The minimum absolute atomic E-state index is 0.0459. The Morgan fingerprint density at radius 2 is 1.89 bits per heavy atom. The van der Waals surface area contributed by atoms with Crippen molar-refractivity contribution in [2.24, 2.45) is 5.73 Å². The molecule has 1 unspecified atom stereocenters. The summed E-state index contributed by atoms with van der Waals surface area (Å²) in [5, 5.41) is 8.57. The zero-order valence-corrected chi connectivity index (χ0v) is 11.3. The summed E-state index contributed by atoms with van der Waals surface area (Å²) in [5.41, 5.74) is 5.75. The Bertz CT molecular complexity index is 443. The Kier molecular flexibility index (Phi) is 5.06. The van der Waals surface area contributed by atoms with E-state index in [2.05, 4.69) is 0 Å². The number of carboxylic acid groups (broad SMARTS) is 1. The molecule has 0 aliphatic rings. The van der Waals surface area contributed by atoms with Crippen molar-refractivity contribution in [3.8, 4) is 0 Å². The van der Waals surface area contributed by atoms with E-state index in [-0.39, 0.29) is 12.3 Å². The number of carbonyl (C=O) groups excluding carboxylic acids is 1. The first kappa shape index (κ1) is 15.2. The number of nitrogens with two attached hydrogens (primary N) is 1. The molecule has 0 aromatic heterocycles. The van der Waals surface area contributed by atoms with E-state index in [1.165, 1.54) is 4.90 Å². The summed E-state index contributed by atoms with van der Waals surface area (Å²) in [6.07, 6.45) is 0.465. The first-order valence-corrected chi connectivity index (χ1v) is 6.17. The predicted octanol–water partition coefficient (Wildman–Crippen LogP) is 1.18. The number of amides is 1. The molecule has 0 saturated carbocycles. The van der Waals surface area contributed by atoms with Gasteiger partial charge in [-0.2, -0.15) is 0 Å². The molecule has 5 nitrogen and oxygen atoms in total. The van der Waals surface area contributed by atoms with Gasteiger partial charge in [0.25, 0.3) is 0 Å². The third-order valence-electron chi connectivity index (χ3n) is 3.05. The van der Waals surface area contributed by atoms with Crippen LogP contribution >= 0.6 is 0 Å². The maximum absolute atomic E-state index is 12.3. The van der Waals surface area contributed by atoms with Gasteiger partial charge in [0.1, 0.15) is 5.54 Å². The highest BCUT2D eigenvalue weighted by Gasteiger charge is 2.32. The zero-order chi connectivity index (χ0) is 14.5. The lowest BCUT2D eigenvalue weighted by Crippen LogP contribution is -2.49. The van der Waals surface area contributed by atoms with Gasteiger partial charge < -0.3 is 15.7 Å². The van der Waals surface area contributed by atoms with E-state index < -0.39 is 11.5 Å². The second kappa shape index (κ2) is 6.33. The first-order chi connectivity index (χ1) is 8.85. The van der Waals surface area contributed by atoms with Crippen LogP contribution in [0.3, 0.4) is 0 Å². The fourth-order valence-corrected chi connectivity index (χ4v) is 1.87. The summed E-state index contributed by atoms with van der Waals surface area (Å²) in [4.78, 5) is 24.2. The van der Waals surface area contributed by atoms with Crippen molar-refractivity contribution in [1.29, 1.82) is 0 Å². The van der Waals surface area contributed by atoms with E-state index >= 15 is 0 Å². The minimum atomic E-state index is -1.10. The maximum atomic E-state index is 12.3. The Labute approximate surface area is 113 Å². The molecule has 1 aromatic carbocycles. The molecule has 0 aliphatic carbocycles. The molecule has 5 heteroatoms. The Morgan fingerprint density at radius 3 is 2.42 bits per heavy atom. The SMILES string of the molecule is CN(CCCC(=O)O)C(=O)C(C)(N)c1ccccc1. The number of aliphatic carboxylic acids is 1. The standard InChI is InChI=1S/C14H20N2O3/c1-14(15,11-7-4-3-5-8-11)13(19)16(2)10-6-9-12(17)18/h3-5,7-8H,6,9-10,15H2,1-2H3,(H,17,18). The van der Waals surface area contributed by atoms with Crippen LogP contribution in [0.2, 0.25) is 0 Å². The Morgan fingerprint density at radius 1 is 1.32 bits per heavy atom. The van der Waals surface area contributed by atoms with E-state index in [0.29, 0.717) is 13.0 Å². The molecule has 3 N–H and O–H groups in total. The van der Waals surface area contributed by atoms with Gasteiger partial charge in [0.2, 0.25) is 5.91 Å². The van der Waals surface area contributed by atoms with Crippen molar-refractivity contribution >= 4 is 11.9 Å². The fourth-order valence-electron chi connectivity index (χ4n) is 1.87. The molecule has 0 bridgehead atoms. The molecule has 1 aromatic rings. The van der Waals surface area contributed by atoms with Crippen LogP contribution in [0, 0.1) is 0 Å². The summed E-state index contributed by atoms with van der Waals surface area (Å²) in [6.45, 7) is 2.04. The number of carboxylic acids is 1. The molecule has 0 heterocycles. The lowest BCUT2D eigenvalue weighted by Gasteiger charge is -2.29. The normalized spacial score (nSPS) is 13.6. The highest BCUT2D eigenvalue weighted by molar-refractivity contribution is 5.86. The van der Waals surface area contributed by atoms with Crippen molar-refractivity contribution in [2.45, 2.75) is 25.3 Å². The molecular formula is C14H20N2O3. The number of rotatable bonds is 6. The summed E-state index contributed by atoms with van der Waals surface area (Å²) in [7, 11) is 1.64. The maximum Gasteiger partial charge on any atom is 0.303 e. The molecule has 0 fully saturated rings. The average molecular weight is 264 g/mol. The topological polar surface area (TPSA) is 83.6 Å². The van der Waals surface area contributed by atoms with E-state index in [1.54, 1.807) is 14.0 Å². The van der Waals surface area contributed by atoms with Gasteiger partial charge in [-0.15, -0.1) is 0 Å². The molecule has 0 spiro atoms. The zero-order valence-electron chi connectivity index (χ0n) is 11.3. The smallest absolute Gasteiger partial charge is 0.303 e. The second-order valence-corrected chi connectivity index (χ2v) is 4.79. The number of hydrogen-bond acceptors (Lipinski definition) is 3. The van der Waals surface area contributed by atoms with E-state index in [4.69, 9.17) is 10.8 Å². The Hall–Kier alpha value is -1.88. The van der Waals surface area contributed by atoms with E-state index in [9.17, 15) is 9.59 Å². The monoisotopic (exact) mass is 264 g/mol. The number of hydrogen-bond donors (Lipinski definition) is 2. The third kappa shape index (κ3) is 4.06. The van der Waals surface area contributed by atoms with Crippen LogP contribution in [-0.2, 0) is 15.1 Å². The van der Waals surface area contributed by atoms with Crippen LogP contribution in [0.4, 0.5) is 0 Å². The van der Waals surface area contributed by atoms with Crippen LogP contribution in [0.25, 0.3) is 0 Å². The molecule has 0 saturated heterocycles. The second-order valence-electron chi connectivity index (χ2n) is 4.79. The average Bonchev–Trinajstić information content (AvgIpc) is 2.38. The van der Waals surface area contributed by atoms with Crippen molar-refractivity contribution in [3.63, 3.8) is 0 Å². The van der Waals surface area contributed by atoms with Gasteiger partial charge in [-0.3, -0.25) is 9.59 Å². The number of carbonyl (C=O) groups is 2. The van der Waals surface area contributed by atoms with Gasteiger partial charge in [-0.25, -0.2) is 0 Å². The predicted molar refractivity (Wildman–Crippen MR) is 72.5 cm³/mol. The molecule has 0 aliphatic heterocycles. The molecule has 0 radical (unpaired) electrons. The number of benzene rings is 1. The van der Waals surface area contributed by atoms with Gasteiger partial charge in [-0.05, 0) is 18.9 Å². The van der Waals surface area contributed by atoms with Crippen LogP contribution in [0.5, 0.6) is 0 Å². The van der Waals surface area contributed by atoms with Gasteiger partial charge >= 0.3 is 5.97 Å². The molecule has 1 atom stereocenters. The largest absolute Gasteiger partial charge is 0.481 e. The summed E-state index contributed by atoms with van der Waals surface area (Å²) in [6, 6.07) is 9.14. The van der Waals surface area contributed by atoms with E-state index in [0.717, 1.165) is 5.56 Å². The molecule has 1 amide bonds. The van der Waals surface area contributed by atoms with Crippen molar-refractivity contribution in [3.05, 3.63) is 35.9 Å². The van der Waals surface area contributed by atoms with Crippen LogP contribution in [-0.4, -0.2) is 35.5 Å². The van der Waals surface area contributed by atoms with Crippen molar-refractivity contribution in [1.82, 2.24) is 4.90 Å². The fraction of sp³-hybridized carbons (Fsp3) is 0.429. The quantitative estimate of drug-likeness (QED) is 0.808. The van der Waals surface area contributed by atoms with Gasteiger partial charge in [-0.1, -0.05) is 30.3 Å². The Balaban J connectivity index is 2.67. The molecule has 104 valence electrons.